The van der Waals surface area contributed by atoms with E-state index in [1.807, 2.05) is 25.1 Å². The van der Waals surface area contributed by atoms with Crippen LogP contribution in [0.5, 0.6) is 5.75 Å². The number of benzene rings is 2. The minimum absolute atomic E-state index is 0.0678. The van der Waals surface area contributed by atoms with Crippen LogP contribution in [-0.2, 0) is 6.42 Å². The summed E-state index contributed by atoms with van der Waals surface area (Å²) in [5.74, 6) is 1.44. The smallest absolute Gasteiger partial charge is 0.251 e. The third-order valence-corrected chi connectivity index (χ3v) is 5.67. The van der Waals surface area contributed by atoms with Gasteiger partial charge in [0.25, 0.3) is 5.91 Å². The van der Waals surface area contributed by atoms with E-state index in [4.69, 9.17) is 4.74 Å². The largest absolute Gasteiger partial charge is 0.496 e. The van der Waals surface area contributed by atoms with Crippen LogP contribution in [0, 0.1) is 5.92 Å². The molecule has 0 saturated carbocycles. The quantitative estimate of drug-likeness (QED) is 0.663. The van der Waals surface area contributed by atoms with Gasteiger partial charge in [0.1, 0.15) is 5.75 Å². The van der Waals surface area contributed by atoms with Gasteiger partial charge in [-0.25, -0.2) is 0 Å². The highest BCUT2D eigenvalue weighted by molar-refractivity contribution is 5.94. The first-order valence-electron chi connectivity index (χ1n) is 10.5. The number of rotatable bonds is 7. The van der Waals surface area contributed by atoms with Gasteiger partial charge in [0.05, 0.1) is 13.2 Å². The normalized spacial score (nSPS) is 17.5. The molecule has 3 rings (SSSR count). The minimum Gasteiger partial charge on any atom is -0.496 e. The molecular formula is C25H32N2O2. The molecule has 154 valence electrons. The fourth-order valence-corrected chi connectivity index (χ4v) is 4.00. The van der Waals surface area contributed by atoms with Crippen molar-refractivity contribution in [2.24, 2.45) is 5.92 Å². The summed E-state index contributed by atoms with van der Waals surface area (Å²) in [5, 5.41) is 3.11. The average molecular weight is 393 g/mol. The van der Waals surface area contributed by atoms with Crippen LogP contribution in [0.3, 0.4) is 0 Å². The molecule has 2 unspecified atom stereocenters. The van der Waals surface area contributed by atoms with Crippen LogP contribution in [0.1, 0.15) is 54.2 Å². The number of allylic oxidation sites excluding steroid dienone is 1. The number of anilines is 1. The van der Waals surface area contributed by atoms with Crippen LogP contribution >= 0.6 is 0 Å². The van der Waals surface area contributed by atoms with Gasteiger partial charge in [-0.1, -0.05) is 25.1 Å². The first kappa shape index (κ1) is 21.0. The highest BCUT2D eigenvalue weighted by atomic mass is 16.5. The Kier molecular flexibility index (Phi) is 6.97. The Hall–Kier alpha value is -2.75. The number of amides is 1. The van der Waals surface area contributed by atoms with Crippen molar-refractivity contribution >= 4 is 11.6 Å². The van der Waals surface area contributed by atoms with Crippen molar-refractivity contribution in [2.75, 3.05) is 25.1 Å². The molecule has 4 heteroatoms. The lowest BCUT2D eigenvalue weighted by Crippen LogP contribution is -2.34. The van der Waals surface area contributed by atoms with Gasteiger partial charge in [-0.2, -0.15) is 0 Å². The minimum atomic E-state index is -0.0839. The molecular weight excluding hydrogens is 360 g/mol. The zero-order valence-electron chi connectivity index (χ0n) is 17.8. The number of hydrogen-bond donors (Lipinski definition) is 1. The van der Waals surface area contributed by atoms with Crippen LogP contribution in [0.2, 0.25) is 0 Å². The molecule has 1 aliphatic heterocycles. The van der Waals surface area contributed by atoms with Gasteiger partial charge in [-0.15, -0.1) is 6.58 Å². The van der Waals surface area contributed by atoms with Gasteiger partial charge in [0.15, 0.2) is 0 Å². The van der Waals surface area contributed by atoms with Crippen molar-refractivity contribution in [3.8, 4) is 5.75 Å². The number of nitrogens with zero attached hydrogens (tertiary/aromatic N) is 1. The number of nitrogens with one attached hydrogen (secondary N) is 1. The molecule has 29 heavy (non-hydrogen) atoms. The standard InChI is InChI=1S/C25H32N2O2/c1-5-7-21-16-22(11-14-24(21)29-4)25(28)26-19(3)20-9-12-23(13-10-20)27-15-6-8-18(2)17-27/h5,9-14,16,18-19H,1,6-8,15,17H2,2-4H3,(H,26,28). The van der Waals surface area contributed by atoms with Gasteiger partial charge in [0, 0.05) is 24.3 Å². The predicted molar refractivity (Wildman–Crippen MR) is 120 cm³/mol. The van der Waals surface area contributed by atoms with E-state index in [0.29, 0.717) is 12.0 Å². The van der Waals surface area contributed by atoms with Crippen molar-refractivity contribution in [2.45, 2.75) is 39.2 Å². The topological polar surface area (TPSA) is 41.6 Å². The first-order valence-corrected chi connectivity index (χ1v) is 10.5. The van der Waals surface area contributed by atoms with Crippen molar-refractivity contribution in [3.05, 3.63) is 71.8 Å². The lowest BCUT2D eigenvalue weighted by molar-refractivity contribution is 0.0939. The summed E-state index contributed by atoms with van der Waals surface area (Å²) in [7, 11) is 1.64. The van der Waals surface area contributed by atoms with E-state index in [9.17, 15) is 4.79 Å². The van der Waals surface area contributed by atoms with E-state index in [-0.39, 0.29) is 11.9 Å². The van der Waals surface area contributed by atoms with E-state index >= 15 is 0 Å². The Morgan fingerprint density at radius 3 is 2.72 bits per heavy atom. The molecule has 2 atom stereocenters. The van der Waals surface area contributed by atoms with Crippen molar-refractivity contribution in [1.29, 1.82) is 0 Å². The lowest BCUT2D eigenvalue weighted by atomic mass is 9.99. The fourth-order valence-electron chi connectivity index (χ4n) is 4.00. The Labute approximate surface area is 174 Å². The SMILES string of the molecule is C=CCc1cc(C(=O)NC(C)c2ccc(N3CCCC(C)C3)cc2)ccc1OC. The van der Waals surface area contributed by atoms with Crippen LogP contribution in [0.4, 0.5) is 5.69 Å². The van der Waals surface area contributed by atoms with Crippen molar-refractivity contribution in [3.63, 3.8) is 0 Å². The third-order valence-electron chi connectivity index (χ3n) is 5.67. The zero-order valence-corrected chi connectivity index (χ0v) is 17.8. The van der Waals surface area contributed by atoms with Crippen molar-refractivity contribution < 1.29 is 9.53 Å². The summed E-state index contributed by atoms with van der Waals surface area (Å²) >= 11 is 0. The summed E-state index contributed by atoms with van der Waals surface area (Å²) in [6, 6.07) is 14.0. The third kappa shape index (κ3) is 5.20. The molecule has 1 heterocycles. The molecule has 0 aliphatic carbocycles. The van der Waals surface area contributed by atoms with Crippen LogP contribution in [0.25, 0.3) is 0 Å². The monoisotopic (exact) mass is 392 g/mol. The van der Waals surface area contributed by atoms with Crippen LogP contribution < -0.4 is 15.0 Å². The highest BCUT2D eigenvalue weighted by Gasteiger charge is 2.17. The van der Waals surface area contributed by atoms with E-state index in [1.54, 1.807) is 13.2 Å². The molecule has 1 amide bonds. The Balaban J connectivity index is 1.66. The first-order chi connectivity index (χ1) is 14.0. The highest BCUT2D eigenvalue weighted by Crippen LogP contribution is 2.25. The van der Waals surface area contributed by atoms with Gasteiger partial charge < -0.3 is 15.0 Å². The molecule has 4 nitrogen and oxygen atoms in total. The maximum atomic E-state index is 12.7. The summed E-state index contributed by atoms with van der Waals surface area (Å²) in [6.45, 7) is 10.4. The number of methoxy groups -OCH3 is 1. The second-order valence-corrected chi connectivity index (χ2v) is 8.00. The molecule has 0 radical (unpaired) electrons. The number of piperidine rings is 1. The van der Waals surface area contributed by atoms with E-state index in [0.717, 1.165) is 35.9 Å². The van der Waals surface area contributed by atoms with Gasteiger partial charge in [-0.3, -0.25) is 4.79 Å². The molecule has 1 N–H and O–H groups in total. The Morgan fingerprint density at radius 1 is 1.31 bits per heavy atom. The van der Waals surface area contributed by atoms with Gasteiger partial charge in [-0.05, 0) is 73.6 Å². The second-order valence-electron chi connectivity index (χ2n) is 8.00. The summed E-state index contributed by atoms with van der Waals surface area (Å²) in [6.07, 6.45) is 5.05. The second kappa shape index (κ2) is 9.64. The predicted octanol–water partition coefficient (Wildman–Crippen LogP) is 5.15. The van der Waals surface area contributed by atoms with E-state index in [1.165, 1.54) is 18.5 Å². The van der Waals surface area contributed by atoms with Gasteiger partial charge in [0.2, 0.25) is 0 Å². The molecule has 2 aromatic carbocycles. The zero-order chi connectivity index (χ0) is 20.8. The van der Waals surface area contributed by atoms with Crippen LogP contribution in [-0.4, -0.2) is 26.1 Å². The summed E-state index contributed by atoms with van der Waals surface area (Å²) in [5.41, 5.74) is 3.96. The molecule has 1 saturated heterocycles. The summed E-state index contributed by atoms with van der Waals surface area (Å²) < 4.78 is 5.37. The molecule has 0 spiro atoms. The van der Waals surface area contributed by atoms with Gasteiger partial charge >= 0.3 is 0 Å². The molecule has 1 aliphatic rings. The molecule has 0 aromatic heterocycles. The number of ether oxygens (including phenoxy) is 1. The summed E-state index contributed by atoms with van der Waals surface area (Å²) in [4.78, 5) is 15.2. The fraction of sp³-hybridized carbons (Fsp3) is 0.400. The molecule has 2 aromatic rings. The number of carbonyl (C=O) groups excluding carboxylic acids is 1. The number of carbonyl (C=O) groups is 1. The number of hydrogen-bond acceptors (Lipinski definition) is 3. The lowest BCUT2D eigenvalue weighted by Gasteiger charge is -2.33. The maximum absolute atomic E-state index is 12.7. The Bertz CT molecular complexity index is 844. The maximum Gasteiger partial charge on any atom is 0.251 e. The van der Waals surface area contributed by atoms with E-state index < -0.39 is 0 Å². The van der Waals surface area contributed by atoms with E-state index in [2.05, 4.69) is 48.0 Å². The Morgan fingerprint density at radius 2 is 2.07 bits per heavy atom. The molecule has 0 bridgehead atoms. The molecule has 1 fully saturated rings. The average Bonchev–Trinajstić information content (AvgIpc) is 2.74. The van der Waals surface area contributed by atoms with Crippen molar-refractivity contribution in [1.82, 2.24) is 5.32 Å². The van der Waals surface area contributed by atoms with Crippen LogP contribution in [0.15, 0.2) is 55.1 Å².